The second-order valence-corrected chi connectivity index (χ2v) is 7.79. The maximum atomic E-state index is 11.4. The first-order chi connectivity index (χ1) is 10.8. The van der Waals surface area contributed by atoms with Crippen LogP contribution in [0.5, 0.6) is 0 Å². The standard InChI is InChI=1S/C17H19NO3S2/c1-11-17(2,3)18-16(23-11)22-10-12-7-5-6-8-13(12)14(9-21-4)15(19)20/h5-9H,1,10H2,2-4H3,(H,19,20). The third kappa shape index (κ3) is 4.20. The predicted molar refractivity (Wildman–Crippen MR) is 98.6 cm³/mol. The highest BCUT2D eigenvalue weighted by Crippen LogP contribution is 2.42. The fourth-order valence-corrected chi connectivity index (χ4v) is 4.32. The molecule has 1 aromatic rings. The van der Waals surface area contributed by atoms with Gasteiger partial charge in [0.25, 0.3) is 0 Å². The van der Waals surface area contributed by atoms with E-state index < -0.39 is 5.97 Å². The summed E-state index contributed by atoms with van der Waals surface area (Å²) in [7, 11) is 1.44. The molecule has 23 heavy (non-hydrogen) atoms. The quantitative estimate of drug-likeness (QED) is 0.631. The van der Waals surface area contributed by atoms with Crippen LogP contribution in [0.4, 0.5) is 0 Å². The minimum absolute atomic E-state index is 0.148. The average Bonchev–Trinajstić information content (AvgIpc) is 2.76. The molecular formula is C17H19NO3S2. The van der Waals surface area contributed by atoms with Crippen LogP contribution in [0.2, 0.25) is 0 Å². The third-order valence-corrected chi connectivity index (χ3v) is 5.80. The van der Waals surface area contributed by atoms with Gasteiger partial charge in [0.15, 0.2) is 0 Å². The second-order valence-electron chi connectivity index (χ2n) is 5.48. The zero-order valence-corrected chi connectivity index (χ0v) is 15.0. The van der Waals surface area contributed by atoms with Gasteiger partial charge < -0.3 is 9.84 Å². The molecule has 122 valence electrons. The molecule has 0 spiro atoms. The molecule has 0 aromatic heterocycles. The summed E-state index contributed by atoms with van der Waals surface area (Å²) in [6.07, 6.45) is 1.26. The number of hydrogen-bond donors (Lipinski definition) is 1. The van der Waals surface area contributed by atoms with Crippen LogP contribution in [0.3, 0.4) is 0 Å². The van der Waals surface area contributed by atoms with Gasteiger partial charge in [0, 0.05) is 10.7 Å². The highest BCUT2D eigenvalue weighted by Gasteiger charge is 2.30. The summed E-state index contributed by atoms with van der Waals surface area (Å²) in [6, 6.07) is 7.44. The first-order valence-corrected chi connectivity index (χ1v) is 8.80. The molecule has 2 rings (SSSR count). The summed E-state index contributed by atoms with van der Waals surface area (Å²) in [4.78, 5) is 17.1. The Labute approximate surface area is 144 Å². The van der Waals surface area contributed by atoms with Gasteiger partial charge >= 0.3 is 5.97 Å². The molecule has 0 atom stereocenters. The van der Waals surface area contributed by atoms with Gasteiger partial charge in [0.05, 0.1) is 18.9 Å². The smallest absolute Gasteiger partial charge is 0.339 e. The van der Waals surface area contributed by atoms with Crippen LogP contribution >= 0.6 is 23.5 Å². The van der Waals surface area contributed by atoms with E-state index in [-0.39, 0.29) is 11.1 Å². The molecule has 1 aliphatic heterocycles. The maximum absolute atomic E-state index is 11.4. The van der Waals surface area contributed by atoms with Crippen molar-refractivity contribution in [1.29, 1.82) is 0 Å². The summed E-state index contributed by atoms with van der Waals surface area (Å²) < 4.78 is 5.87. The molecule has 0 aliphatic carbocycles. The lowest BCUT2D eigenvalue weighted by molar-refractivity contribution is -0.130. The Morgan fingerprint density at radius 3 is 2.74 bits per heavy atom. The van der Waals surface area contributed by atoms with Crippen molar-refractivity contribution in [3.8, 4) is 0 Å². The molecule has 0 fully saturated rings. The third-order valence-electron chi connectivity index (χ3n) is 3.39. The molecule has 0 unspecified atom stereocenters. The van der Waals surface area contributed by atoms with Gasteiger partial charge in [-0.05, 0) is 25.0 Å². The fourth-order valence-electron chi connectivity index (χ4n) is 2.00. The molecule has 4 nitrogen and oxygen atoms in total. The average molecular weight is 349 g/mol. The molecule has 0 radical (unpaired) electrons. The van der Waals surface area contributed by atoms with Crippen molar-refractivity contribution in [2.45, 2.75) is 25.1 Å². The number of carboxylic acid groups (broad SMARTS) is 1. The summed E-state index contributed by atoms with van der Waals surface area (Å²) in [5.41, 5.74) is 1.50. The first-order valence-electron chi connectivity index (χ1n) is 6.99. The van der Waals surface area contributed by atoms with Gasteiger partial charge in [0.1, 0.15) is 9.95 Å². The highest BCUT2D eigenvalue weighted by molar-refractivity contribution is 8.40. The number of carbonyl (C=O) groups is 1. The van der Waals surface area contributed by atoms with E-state index in [9.17, 15) is 9.90 Å². The Balaban J connectivity index is 2.21. The summed E-state index contributed by atoms with van der Waals surface area (Å²) in [5, 5.41) is 9.37. The lowest BCUT2D eigenvalue weighted by Crippen LogP contribution is -2.12. The van der Waals surface area contributed by atoms with Crippen LogP contribution in [0.15, 0.2) is 47.0 Å². The molecule has 1 heterocycles. The Kier molecular flexibility index (Phi) is 5.59. The molecule has 1 aromatic carbocycles. The summed E-state index contributed by atoms with van der Waals surface area (Å²) in [6.45, 7) is 8.11. The van der Waals surface area contributed by atoms with Gasteiger partial charge in [0.2, 0.25) is 0 Å². The number of nitrogens with zero attached hydrogens (tertiary/aromatic N) is 1. The minimum Gasteiger partial charge on any atom is -0.503 e. The van der Waals surface area contributed by atoms with Gasteiger partial charge in [-0.2, -0.15) is 0 Å². The second kappa shape index (κ2) is 7.27. The summed E-state index contributed by atoms with van der Waals surface area (Å²) >= 11 is 3.18. The number of methoxy groups -OCH3 is 1. The molecule has 0 saturated carbocycles. The van der Waals surface area contributed by atoms with E-state index >= 15 is 0 Å². The normalized spacial score (nSPS) is 17.1. The van der Waals surface area contributed by atoms with Crippen molar-refractivity contribution in [1.82, 2.24) is 0 Å². The summed E-state index contributed by atoms with van der Waals surface area (Å²) in [5.74, 6) is -0.369. The molecular weight excluding hydrogens is 330 g/mol. The van der Waals surface area contributed by atoms with Crippen molar-refractivity contribution in [3.05, 3.63) is 53.1 Å². The van der Waals surface area contributed by atoms with E-state index in [4.69, 9.17) is 4.74 Å². The fraction of sp³-hybridized carbons (Fsp3) is 0.294. The van der Waals surface area contributed by atoms with Crippen molar-refractivity contribution in [3.63, 3.8) is 0 Å². The number of benzene rings is 1. The van der Waals surface area contributed by atoms with Crippen molar-refractivity contribution < 1.29 is 14.6 Å². The van der Waals surface area contributed by atoms with E-state index in [0.717, 1.165) is 14.8 Å². The monoisotopic (exact) mass is 349 g/mol. The maximum Gasteiger partial charge on any atom is 0.339 e. The predicted octanol–water partition coefficient (Wildman–Crippen LogP) is 4.39. The van der Waals surface area contributed by atoms with Gasteiger partial charge in [-0.25, -0.2) is 4.79 Å². The molecule has 0 amide bonds. The minimum atomic E-state index is -1.01. The van der Waals surface area contributed by atoms with Crippen LogP contribution in [-0.2, 0) is 15.3 Å². The topological polar surface area (TPSA) is 58.9 Å². The van der Waals surface area contributed by atoms with Crippen LogP contribution < -0.4 is 0 Å². The molecule has 6 heteroatoms. The van der Waals surface area contributed by atoms with Crippen LogP contribution in [-0.4, -0.2) is 28.1 Å². The lowest BCUT2D eigenvalue weighted by Gasteiger charge is -2.12. The van der Waals surface area contributed by atoms with E-state index in [1.807, 2.05) is 32.0 Å². The van der Waals surface area contributed by atoms with Crippen molar-refractivity contribution >= 4 is 39.4 Å². The van der Waals surface area contributed by atoms with Crippen molar-refractivity contribution in [2.24, 2.45) is 4.99 Å². The Hall–Kier alpha value is -1.66. The number of thioether (sulfide) groups is 2. The van der Waals surface area contributed by atoms with Crippen molar-refractivity contribution in [2.75, 3.05) is 7.11 Å². The first kappa shape index (κ1) is 17.7. The number of rotatable bonds is 5. The van der Waals surface area contributed by atoms with Gasteiger partial charge in [-0.15, -0.1) is 0 Å². The largest absolute Gasteiger partial charge is 0.503 e. The van der Waals surface area contributed by atoms with Crippen LogP contribution in [0.1, 0.15) is 25.0 Å². The number of carboxylic acids is 1. The van der Waals surface area contributed by atoms with E-state index in [1.165, 1.54) is 13.4 Å². The Bertz CT molecular complexity index is 693. The Morgan fingerprint density at radius 1 is 1.48 bits per heavy atom. The number of aliphatic imine (C=N–C) groups is 1. The van der Waals surface area contributed by atoms with E-state index in [2.05, 4.69) is 11.6 Å². The van der Waals surface area contributed by atoms with Gasteiger partial charge in [-0.1, -0.05) is 54.4 Å². The molecule has 1 N–H and O–H groups in total. The van der Waals surface area contributed by atoms with Crippen LogP contribution in [0, 0.1) is 0 Å². The zero-order valence-electron chi connectivity index (χ0n) is 13.3. The number of aliphatic carboxylic acids is 1. The van der Waals surface area contributed by atoms with E-state index in [0.29, 0.717) is 11.3 Å². The SMILES string of the molecule is C=C1SC(SCc2ccccc2C(=COC)C(=O)O)=NC1(C)C. The van der Waals surface area contributed by atoms with E-state index in [1.54, 1.807) is 29.6 Å². The molecule has 0 saturated heterocycles. The number of hydrogen-bond acceptors (Lipinski definition) is 5. The number of ether oxygens (including phenoxy) is 1. The lowest BCUT2D eigenvalue weighted by atomic mass is 10.0. The molecule has 1 aliphatic rings. The zero-order chi connectivity index (χ0) is 17.0. The molecule has 0 bridgehead atoms. The van der Waals surface area contributed by atoms with Gasteiger partial charge in [-0.3, -0.25) is 4.99 Å². The highest BCUT2D eigenvalue weighted by atomic mass is 32.2. The van der Waals surface area contributed by atoms with Crippen LogP contribution in [0.25, 0.3) is 5.57 Å². The Morgan fingerprint density at radius 2 is 2.17 bits per heavy atom.